The van der Waals surface area contributed by atoms with Crippen LogP contribution in [0, 0.1) is 0 Å². The predicted octanol–water partition coefficient (Wildman–Crippen LogP) is 3.56. The van der Waals surface area contributed by atoms with Gasteiger partial charge in [0.2, 0.25) is 10.0 Å². The maximum absolute atomic E-state index is 13.3. The van der Waals surface area contributed by atoms with E-state index in [2.05, 4.69) is 0 Å². The first-order valence-electron chi connectivity index (χ1n) is 8.52. The van der Waals surface area contributed by atoms with Gasteiger partial charge in [0.05, 0.1) is 4.90 Å². The molecule has 27 heavy (non-hydrogen) atoms. The third kappa shape index (κ3) is 2.92. The van der Waals surface area contributed by atoms with Crippen molar-refractivity contribution in [3.63, 3.8) is 0 Å². The molecule has 1 aliphatic heterocycles. The lowest BCUT2D eigenvalue weighted by molar-refractivity contribution is -0.142. The summed E-state index contributed by atoms with van der Waals surface area (Å²) in [6.45, 7) is 3.70. The van der Waals surface area contributed by atoms with Gasteiger partial charge in [-0.25, -0.2) is 8.42 Å². The highest BCUT2D eigenvalue weighted by Crippen LogP contribution is 2.39. The molecule has 6 nitrogen and oxygen atoms in total. The summed E-state index contributed by atoms with van der Waals surface area (Å²) in [4.78, 5) is 11.9. The molecule has 2 aromatic carbocycles. The summed E-state index contributed by atoms with van der Waals surface area (Å²) in [5.41, 5.74) is 1.28. The fourth-order valence-electron chi connectivity index (χ4n) is 3.63. The van der Waals surface area contributed by atoms with Gasteiger partial charge < -0.3 is 9.52 Å². The van der Waals surface area contributed by atoms with Crippen LogP contribution >= 0.6 is 11.8 Å². The third-order valence-corrected chi connectivity index (χ3v) is 8.14. The van der Waals surface area contributed by atoms with Crippen LogP contribution in [0.3, 0.4) is 0 Å². The van der Waals surface area contributed by atoms with Crippen molar-refractivity contribution in [3.8, 4) is 0 Å². The van der Waals surface area contributed by atoms with Gasteiger partial charge in [0, 0.05) is 27.8 Å². The lowest BCUT2D eigenvalue weighted by atomic mass is 10.0. The molecule has 0 amide bonds. The van der Waals surface area contributed by atoms with Crippen molar-refractivity contribution in [2.45, 2.75) is 29.5 Å². The van der Waals surface area contributed by atoms with Crippen molar-refractivity contribution < 1.29 is 22.7 Å². The van der Waals surface area contributed by atoms with E-state index in [1.807, 2.05) is 24.3 Å². The Morgan fingerprint density at radius 3 is 2.63 bits per heavy atom. The third-order valence-electron chi connectivity index (χ3n) is 4.92. The van der Waals surface area contributed by atoms with E-state index in [1.54, 1.807) is 26.0 Å². The van der Waals surface area contributed by atoms with Crippen LogP contribution in [0.5, 0.6) is 0 Å². The standard InChI is InChI=1S/C19H19NO5S2/c1-19(2)17(18(21)22)20(9-10-26-19)27(23,24)12-7-8-16-14(11-12)13-5-3-4-6-15(13)25-16/h3-8,11,17H,9-10H2,1-2H3,(H,21,22). The van der Waals surface area contributed by atoms with Crippen LogP contribution in [0.15, 0.2) is 51.8 Å². The summed E-state index contributed by atoms with van der Waals surface area (Å²) in [6.07, 6.45) is 0. The Morgan fingerprint density at radius 1 is 1.19 bits per heavy atom. The molecule has 1 saturated heterocycles. The number of furan rings is 1. The number of nitrogens with zero attached hydrogens (tertiary/aromatic N) is 1. The van der Waals surface area contributed by atoms with Crippen molar-refractivity contribution in [1.82, 2.24) is 4.31 Å². The summed E-state index contributed by atoms with van der Waals surface area (Å²) in [5, 5.41) is 11.2. The fraction of sp³-hybridized carbons (Fsp3) is 0.316. The molecule has 1 aromatic heterocycles. The van der Waals surface area contributed by atoms with E-state index in [0.717, 1.165) is 9.69 Å². The van der Waals surface area contributed by atoms with Gasteiger partial charge in [0.15, 0.2) is 0 Å². The molecular formula is C19H19NO5S2. The maximum atomic E-state index is 13.3. The number of fused-ring (bicyclic) bond motifs is 3. The van der Waals surface area contributed by atoms with E-state index in [4.69, 9.17) is 4.42 Å². The van der Waals surface area contributed by atoms with Crippen LogP contribution in [0.2, 0.25) is 0 Å². The number of para-hydroxylation sites is 1. The van der Waals surface area contributed by atoms with Crippen molar-refractivity contribution in [1.29, 1.82) is 0 Å². The lowest BCUT2D eigenvalue weighted by Crippen LogP contribution is -2.58. The molecule has 142 valence electrons. The lowest BCUT2D eigenvalue weighted by Gasteiger charge is -2.42. The average Bonchev–Trinajstić information content (AvgIpc) is 2.98. The Balaban J connectivity index is 1.85. The Kier molecular flexibility index (Phi) is 4.25. The summed E-state index contributed by atoms with van der Waals surface area (Å²) in [5.74, 6) is -0.585. The highest BCUT2D eigenvalue weighted by molar-refractivity contribution is 8.00. The topological polar surface area (TPSA) is 87.8 Å². The molecule has 0 saturated carbocycles. The number of rotatable bonds is 3. The molecule has 0 aliphatic carbocycles. The minimum Gasteiger partial charge on any atom is -0.480 e. The van der Waals surface area contributed by atoms with Gasteiger partial charge in [-0.05, 0) is 38.1 Å². The van der Waals surface area contributed by atoms with Crippen LogP contribution in [0.4, 0.5) is 0 Å². The van der Waals surface area contributed by atoms with E-state index in [0.29, 0.717) is 22.3 Å². The second-order valence-electron chi connectivity index (χ2n) is 7.06. The Morgan fingerprint density at radius 2 is 1.89 bits per heavy atom. The van der Waals surface area contributed by atoms with Gasteiger partial charge in [0.1, 0.15) is 17.2 Å². The summed E-state index contributed by atoms with van der Waals surface area (Å²) in [7, 11) is -3.97. The molecule has 0 spiro atoms. The summed E-state index contributed by atoms with van der Waals surface area (Å²) in [6, 6.07) is 11.0. The van der Waals surface area contributed by atoms with E-state index in [1.165, 1.54) is 17.8 Å². The van der Waals surface area contributed by atoms with Gasteiger partial charge in [-0.1, -0.05) is 18.2 Å². The van der Waals surface area contributed by atoms with Gasteiger partial charge in [-0.3, -0.25) is 4.79 Å². The van der Waals surface area contributed by atoms with Gasteiger partial charge in [0.25, 0.3) is 0 Å². The first-order chi connectivity index (χ1) is 12.7. The average molecular weight is 405 g/mol. The number of thioether (sulfide) groups is 1. The molecule has 0 bridgehead atoms. The van der Waals surface area contributed by atoms with Crippen molar-refractivity contribution in [2.24, 2.45) is 0 Å². The van der Waals surface area contributed by atoms with Gasteiger partial charge >= 0.3 is 5.97 Å². The van der Waals surface area contributed by atoms with Crippen LogP contribution in [0.25, 0.3) is 21.9 Å². The Labute approximate surface area is 161 Å². The molecule has 1 unspecified atom stereocenters. The van der Waals surface area contributed by atoms with E-state index >= 15 is 0 Å². The molecule has 8 heteroatoms. The number of carboxylic acids is 1. The SMILES string of the molecule is CC1(C)SCCN(S(=O)(=O)c2ccc3oc4ccccc4c3c2)C1C(=O)O. The van der Waals surface area contributed by atoms with Crippen molar-refractivity contribution >= 4 is 49.7 Å². The zero-order valence-electron chi connectivity index (χ0n) is 14.9. The molecular weight excluding hydrogens is 386 g/mol. The molecule has 1 N–H and O–H groups in total. The van der Waals surface area contributed by atoms with E-state index < -0.39 is 26.8 Å². The minimum absolute atomic E-state index is 0.0792. The van der Waals surface area contributed by atoms with Crippen molar-refractivity contribution in [2.75, 3.05) is 12.3 Å². The molecule has 1 fully saturated rings. The van der Waals surface area contributed by atoms with Crippen LogP contribution < -0.4 is 0 Å². The van der Waals surface area contributed by atoms with Gasteiger partial charge in [-0.2, -0.15) is 16.1 Å². The number of benzene rings is 2. The van der Waals surface area contributed by atoms with Crippen LogP contribution in [-0.2, 0) is 14.8 Å². The number of sulfonamides is 1. The Hall–Kier alpha value is -2.03. The summed E-state index contributed by atoms with van der Waals surface area (Å²) < 4.78 is 32.8. The van der Waals surface area contributed by atoms with E-state index in [9.17, 15) is 18.3 Å². The first-order valence-corrected chi connectivity index (χ1v) is 10.9. The molecule has 4 rings (SSSR count). The van der Waals surface area contributed by atoms with Crippen molar-refractivity contribution in [3.05, 3.63) is 42.5 Å². The monoisotopic (exact) mass is 405 g/mol. The molecule has 2 heterocycles. The molecule has 1 aliphatic rings. The molecule has 3 aromatic rings. The minimum atomic E-state index is -3.97. The molecule has 1 atom stereocenters. The second-order valence-corrected chi connectivity index (χ2v) is 10.7. The second kappa shape index (κ2) is 6.25. The molecule has 0 radical (unpaired) electrons. The van der Waals surface area contributed by atoms with Gasteiger partial charge in [-0.15, -0.1) is 0 Å². The maximum Gasteiger partial charge on any atom is 0.323 e. The highest BCUT2D eigenvalue weighted by atomic mass is 32.2. The number of hydrogen-bond donors (Lipinski definition) is 1. The zero-order chi connectivity index (χ0) is 19.4. The Bertz CT molecular complexity index is 1150. The fourth-order valence-corrected chi connectivity index (χ4v) is 6.76. The number of carboxylic acid groups (broad SMARTS) is 1. The number of carbonyl (C=O) groups is 1. The van der Waals surface area contributed by atoms with Crippen LogP contribution in [-0.4, -0.2) is 46.9 Å². The largest absolute Gasteiger partial charge is 0.480 e. The summed E-state index contributed by atoms with van der Waals surface area (Å²) >= 11 is 1.48. The van der Waals surface area contributed by atoms with Crippen LogP contribution in [0.1, 0.15) is 13.8 Å². The normalized spacial score (nSPS) is 20.9. The quantitative estimate of drug-likeness (QED) is 0.717. The number of aliphatic carboxylic acids is 1. The zero-order valence-corrected chi connectivity index (χ0v) is 16.5. The highest BCUT2D eigenvalue weighted by Gasteiger charge is 2.48. The predicted molar refractivity (Wildman–Crippen MR) is 106 cm³/mol. The smallest absolute Gasteiger partial charge is 0.323 e. The first kappa shape index (κ1) is 18.3. The van der Waals surface area contributed by atoms with E-state index in [-0.39, 0.29) is 11.4 Å². The number of hydrogen-bond acceptors (Lipinski definition) is 5.